The van der Waals surface area contributed by atoms with Crippen LogP contribution in [-0.4, -0.2) is 32.5 Å². The van der Waals surface area contributed by atoms with Crippen LogP contribution < -0.4 is 5.32 Å². The number of rotatable bonds is 10. The topological polar surface area (TPSA) is 46.2 Å². The maximum atomic E-state index is 11.5. The Kier molecular flexibility index (Phi) is 7.85. The van der Waals surface area contributed by atoms with Crippen molar-refractivity contribution in [3.63, 3.8) is 0 Å². The highest BCUT2D eigenvalue weighted by atomic mass is 32.2. The van der Waals surface area contributed by atoms with Gasteiger partial charge in [0.25, 0.3) is 0 Å². The van der Waals surface area contributed by atoms with Gasteiger partial charge in [0.2, 0.25) is 0 Å². The number of hydrogen-bond acceptors (Lipinski definition) is 3. The fraction of sp³-hybridized carbons (Fsp3) is 0.625. The molecule has 1 aromatic carbocycles. The van der Waals surface area contributed by atoms with Gasteiger partial charge in [0, 0.05) is 11.8 Å². The van der Waals surface area contributed by atoms with Gasteiger partial charge in [-0.05, 0) is 37.8 Å². The second kappa shape index (κ2) is 9.14. The normalized spacial score (nSPS) is 13.3. The molecule has 0 aliphatic heterocycles. The average Bonchev–Trinajstić information content (AvgIpc) is 2.45. The molecule has 0 fully saturated rings. The van der Waals surface area contributed by atoms with E-state index in [0.717, 1.165) is 32.2 Å². The van der Waals surface area contributed by atoms with Gasteiger partial charge >= 0.3 is 0 Å². The van der Waals surface area contributed by atoms with Crippen molar-refractivity contribution in [2.24, 2.45) is 0 Å². The van der Waals surface area contributed by atoms with Crippen LogP contribution in [0.2, 0.25) is 0 Å². The molecule has 0 radical (unpaired) electrons. The predicted molar refractivity (Wildman–Crippen MR) is 85.8 cm³/mol. The highest BCUT2D eigenvalue weighted by molar-refractivity contribution is 7.91. The third-order valence-corrected chi connectivity index (χ3v) is 5.25. The summed E-state index contributed by atoms with van der Waals surface area (Å²) >= 11 is 0. The summed E-state index contributed by atoms with van der Waals surface area (Å²) in [6.45, 7) is 4.85. The SMILES string of the molecule is CCCNC(CCCS(=O)(=O)CC)Cc1ccccc1. The number of hydrogen-bond donors (Lipinski definition) is 1. The fourth-order valence-electron chi connectivity index (χ4n) is 2.22. The Morgan fingerprint density at radius 1 is 1.15 bits per heavy atom. The van der Waals surface area contributed by atoms with E-state index in [-0.39, 0.29) is 5.75 Å². The van der Waals surface area contributed by atoms with E-state index in [9.17, 15) is 8.42 Å². The summed E-state index contributed by atoms with van der Waals surface area (Å²) in [5.74, 6) is 0.557. The van der Waals surface area contributed by atoms with Gasteiger partial charge in [-0.3, -0.25) is 0 Å². The van der Waals surface area contributed by atoms with Gasteiger partial charge in [0.1, 0.15) is 9.84 Å². The molecule has 0 heterocycles. The number of sulfone groups is 1. The van der Waals surface area contributed by atoms with E-state index >= 15 is 0 Å². The Labute approximate surface area is 123 Å². The molecular weight excluding hydrogens is 270 g/mol. The second-order valence-electron chi connectivity index (χ2n) is 5.22. The van der Waals surface area contributed by atoms with Crippen molar-refractivity contribution in [3.05, 3.63) is 35.9 Å². The van der Waals surface area contributed by atoms with Crippen molar-refractivity contribution < 1.29 is 8.42 Å². The van der Waals surface area contributed by atoms with Gasteiger partial charge in [0.05, 0.1) is 5.75 Å². The van der Waals surface area contributed by atoms with Gasteiger partial charge < -0.3 is 5.32 Å². The van der Waals surface area contributed by atoms with Crippen LogP contribution >= 0.6 is 0 Å². The highest BCUT2D eigenvalue weighted by Crippen LogP contribution is 2.09. The molecule has 0 spiro atoms. The van der Waals surface area contributed by atoms with Crippen molar-refractivity contribution in [3.8, 4) is 0 Å². The smallest absolute Gasteiger partial charge is 0.150 e. The van der Waals surface area contributed by atoms with Crippen LogP contribution in [0.3, 0.4) is 0 Å². The molecule has 0 saturated heterocycles. The molecule has 0 amide bonds. The van der Waals surface area contributed by atoms with E-state index in [1.807, 2.05) is 18.2 Å². The minimum atomic E-state index is -2.84. The third kappa shape index (κ3) is 7.06. The summed E-state index contributed by atoms with van der Waals surface area (Å²) in [6, 6.07) is 10.7. The molecule has 0 bridgehead atoms. The van der Waals surface area contributed by atoms with Crippen LogP contribution in [0.15, 0.2) is 30.3 Å². The molecule has 4 heteroatoms. The molecule has 1 atom stereocenters. The lowest BCUT2D eigenvalue weighted by Gasteiger charge is -2.18. The van der Waals surface area contributed by atoms with Crippen LogP contribution in [0, 0.1) is 0 Å². The molecule has 3 nitrogen and oxygen atoms in total. The Balaban J connectivity index is 2.47. The number of benzene rings is 1. The van der Waals surface area contributed by atoms with Crippen molar-refractivity contribution in [2.75, 3.05) is 18.1 Å². The highest BCUT2D eigenvalue weighted by Gasteiger charge is 2.12. The van der Waals surface area contributed by atoms with E-state index in [1.165, 1.54) is 5.56 Å². The van der Waals surface area contributed by atoms with E-state index in [1.54, 1.807) is 6.92 Å². The molecule has 0 aromatic heterocycles. The maximum Gasteiger partial charge on any atom is 0.150 e. The Bertz CT molecular complexity index is 457. The van der Waals surface area contributed by atoms with E-state index < -0.39 is 9.84 Å². The molecule has 0 saturated carbocycles. The maximum absolute atomic E-state index is 11.5. The minimum absolute atomic E-state index is 0.249. The molecule has 0 aliphatic rings. The van der Waals surface area contributed by atoms with Crippen molar-refractivity contribution in [1.29, 1.82) is 0 Å². The quantitative estimate of drug-likeness (QED) is 0.722. The van der Waals surface area contributed by atoms with Gasteiger partial charge in [0.15, 0.2) is 0 Å². The minimum Gasteiger partial charge on any atom is -0.314 e. The summed E-state index contributed by atoms with van der Waals surface area (Å²) in [4.78, 5) is 0. The average molecular weight is 297 g/mol. The van der Waals surface area contributed by atoms with Crippen molar-refractivity contribution in [1.82, 2.24) is 5.32 Å². The number of nitrogens with one attached hydrogen (secondary N) is 1. The van der Waals surface area contributed by atoms with Crippen molar-refractivity contribution >= 4 is 9.84 Å². The molecule has 1 N–H and O–H groups in total. The molecule has 20 heavy (non-hydrogen) atoms. The summed E-state index contributed by atoms with van der Waals surface area (Å²) in [7, 11) is -2.84. The molecule has 1 rings (SSSR count). The van der Waals surface area contributed by atoms with Crippen LogP contribution in [-0.2, 0) is 16.3 Å². The first-order chi connectivity index (χ1) is 9.57. The van der Waals surface area contributed by atoms with Gasteiger partial charge in [-0.2, -0.15) is 0 Å². The largest absolute Gasteiger partial charge is 0.314 e. The molecule has 0 aliphatic carbocycles. The van der Waals surface area contributed by atoms with E-state index in [2.05, 4.69) is 24.4 Å². The van der Waals surface area contributed by atoms with E-state index in [0.29, 0.717) is 11.8 Å². The summed E-state index contributed by atoms with van der Waals surface area (Å²) in [5.41, 5.74) is 1.31. The van der Waals surface area contributed by atoms with Crippen molar-refractivity contribution in [2.45, 2.75) is 45.6 Å². The van der Waals surface area contributed by atoms with Crippen LogP contribution in [0.1, 0.15) is 38.7 Å². The van der Waals surface area contributed by atoms with Crippen LogP contribution in [0.25, 0.3) is 0 Å². The Morgan fingerprint density at radius 2 is 1.85 bits per heavy atom. The first-order valence-electron chi connectivity index (χ1n) is 7.55. The third-order valence-electron chi connectivity index (χ3n) is 3.46. The van der Waals surface area contributed by atoms with Gasteiger partial charge in [-0.1, -0.05) is 44.2 Å². The predicted octanol–water partition coefficient (Wildman–Crippen LogP) is 2.81. The van der Waals surface area contributed by atoms with Gasteiger partial charge in [-0.25, -0.2) is 8.42 Å². The standard InChI is InChI=1S/C16H27NO2S/c1-3-12-17-16(11-8-13-20(18,19)4-2)14-15-9-6-5-7-10-15/h5-7,9-10,16-17H,3-4,8,11-14H2,1-2H3. The first kappa shape index (κ1) is 17.2. The Morgan fingerprint density at radius 3 is 2.45 bits per heavy atom. The zero-order chi connectivity index (χ0) is 14.8. The van der Waals surface area contributed by atoms with Gasteiger partial charge in [-0.15, -0.1) is 0 Å². The Hall–Kier alpha value is -0.870. The zero-order valence-electron chi connectivity index (χ0n) is 12.6. The monoisotopic (exact) mass is 297 g/mol. The summed E-state index contributed by atoms with van der Waals surface area (Å²) < 4.78 is 23.1. The second-order valence-corrected chi connectivity index (χ2v) is 7.69. The first-order valence-corrected chi connectivity index (χ1v) is 9.37. The lowest BCUT2D eigenvalue weighted by molar-refractivity contribution is 0.472. The zero-order valence-corrected chi connectivity index (χ0v) is 13.5. The molecule has 1 aromatic rings. The fourth-order valence-corrected chi connectivity index (χ4v) is 3.11. The van der Waals surface area contributed by atoms with E-state index in [4.69, 9.17) is 0 Å². The van der Waals surface area contributed by atoms with Crippen LogP contribution in [0.4, 0.5) is 0 Å². The van der Waals surface area contributed by atoms with Crippen LogP contribution in [0.5, 0.6) is 0 Å². The summed E-state index contributed by atoms with van der Waals surface area (Å²) in [6.07, 6.45) is 3.71. The molecule has 1 unspecified atom stereocenters. The summed E-state index contributed by atoms with van der Waals surface area (Å²) in [5, 5.41) is 3.53. The molecular formula is C16H27NO2S. The lowest BCUT2D eigenvalue weighted by atomic mass is 10.0. The molecule has 114 valence electrons. The lowest BCUT2D eigenvalue weighted by Crippen LogP contribution is -2.32.